The van der Waals surface area contributed by atoms with Gasteiger partial charge in [-0.1, -0.05) is 12.1 Å². The minimum absolute atomic E-state index is 0.0452. The normalized spacial score (nSPS) is 25.4. The predicted molar refractivity (Wildman–Crippen MR) is 76.4 cm³/mol. The van der Waals surface area contributed by atoms with Crippen LogP contribution in [0.5, 0.6) is 5.75 Å². The lowest BCUT2D eigenvalue weighted by molar-refractivity contribution is -0.137. The molecule has 1 saturated heterocycles. The molecule has 0 radical (unpaired) electrons. The fraction of sp³-hybridized carbons (Fsp3) is 0.467. The lowest BCUT2D eigenvalue weighted by Gasteiger charge is -2.28. The fourth-order valence-corrected chi connectivity index (χ4v) is 2.52. The molecule has 112 valence electrons. The number of carbonyl (C=O) groups excluding carboxylic acids is 1. The van der Waals surface area contributed by atoms with Crippen LogP contribution in [0.2, 0.25) is 0 Å². The SMILES string of the molecule is CC1OC(c2ccccc2O)=NC1C(=O)N1CCOCC1. The van der Waals surface area contributed by atoms with Gasteiger partial charge in [0.05, 0.1) is 18.8 Å². The molecule has 0 aromatic heterocycles. The standard InChI is InChI=1S/C15H18N2O4/c1-10-13(15(19)17-6-8-20-9-7-17)16-14(21-10)11-4-2-3-5-12(11)18/h2-5,10,13,18H,6-9H2,1H3. The minimum Gasteiger partial charge on any atom is -0.507 e. The third-order valence-electron chi connectivity index (χ3n) is 3.71. The second-order valence-electron chi connectivity index (χ2n) is 5.16. The molecule has 2 unspecified atom stereocenters. The Morgan fingerprint density at radius 2 is 2.05 bits per heavy atom. The largest absolute Gasteiger partial charge is 0.507 e. The Bertz CT molecular complexity index is 567. The highest BCUT2D eigenvalue weighted by Gasteiger charge is 2.37. The molecule has 2 atom stereocenters. The van der Waals surface area contributed by atoms with E-state index in [4.69, 9.17) is 9.47 Å². The van der Waals surface area contributed by atoms with E-state index in [0.29, 0.717) is 37.8 Å². The Hall–Kier alpha value is -2.08. The molecule has 1 fully saturated rings. The van der Waals surface area contributed by atoms with Crippen LogP contribution in [0.4, 0.5) is 0 Å². The summed E-state index contributed by atoms with van der Waals surface area (Å²) in [5, 5.41) is 9.86. The Balaban J connectivity index is 1.80. The molecular weight excluding hydrogens is 272 g/mol. The van der Waals surface area contributed by atoms with E-state index in [1.54, 1.807) is 29.2 Å². The molecule has 2 aliphatic heterocycles. The summed E-state index contributed by atoms with van der Waals surface area (Å²) in [6, 6.07) is 6.26. The van der Waals surface area contributed by atoms with Crippen LogP contribution in [0.3, 0.4) is 0 Å². The van der Waals surface area contributed by atoms with Crippen LogP contribution in [0.1, 0.15) is 12.5 Å². The van der Waals surface area contributed by atoms with Crippen LogP contribution in [-0.4, -0.2) is 60.3 Å². The maximum absolute atomic E-state index is 12.5. The Morgan fingerprint density at radius 1 is 1.33 bits per heavy atom. The molecule has 2 aliphatic rings. The molecule has 1 N–H and O–H groups in total. The highest BCUT2D eigenvalue weighted by Crippen LogP contribution is 2.25. The van der Waals surface area contributed by atoms with Crippen molar-refractivity contribution < 1.29 is 19.4 Å². The van der Waals surface area contributed by atoms with Crippen molar-refractivity contribution in [3.8, 4) is 5.75 Å². The molecule has 0 bridgehead atoms. The second-order valence-corrected chi connectivity index (χ2v) is 5.16. The van der Waals surface area contributed by atoms with Crippen molar-refractivity contribution in [2.75, 3.05) is 26.3 Å². The van der Waals surface area contributed by atoms with Gasteiger partial charge in [0.15, 0.2) is 6.04 Å². The van der Waals surface area contributed by atoms with Crippen LogP contribution >= 0.6 is 0 Å². The van der Waals surface area contributed by atoms with E-state index in [1.165, 1.54) is 0 Å². The highest BCUT2D eigenvalue weighted by molar-refractivity contribution is 6.00. The average Bonchev–Trinajstić information content (AvgIpc) is 2.89. The fourth-order valence-electron chi connectivity index (χ4n) is 2.52. The van der Waals surface area contributed by atoms with Crippen LogP contribution in [0.15, 0.2) is 29.3 Å². The van der Waals surface area contributed by atoms with Gasteiger partial charge in [-0.25, -0.2) is 4.99 Å². The number of carbonyl (C=O) groups is 1. The van der Waals surface area contributed by atoms with E-state index in [0.717, 1.165) is 0 Å². The second kappa shape index (κ2) is 5.73. The van der Waals surface area contributed by atoms with Gasteiger partial charge in [0.1, 0.15) is 11.9 Å². The van der Waals surface area contributed by atoms with E-state index in [1.807, 2.05) is 6.92 Å². The third-order valence-corrected chi connectivity index (χ3v) is 3.71. The summed E-state index contributed by atoms with van der Waals surface area (Å²) < 4.78 is 10.9. The van der Waals surface area contributed by atoms with Gasteiger partial charge in [-0.05, 0) is 19.1 Å². The summed E-state index contributed by atoms with van der Waals surface area (Å²) in [5.41, 5.74) is 0.515. The van der Waals surface area contributed by atoms with Gasteiger partial charge in [-0.2, -0.15) is 0 Å². The number of nitrogens with zero attached hydrogens (tertiary/aromatic N) is 2. The average molecular weight is 290 g/mol. The van der Waals surface area contributed by atoms with Crippen molar-refractivity contribution in [3.05, 3.63) is 29.8 Å². The zero-order valence-corrected chi connectivity index (χ0v) is 11.9. The van der Waals surface area contributed by atoms with Gasteiger partial charge in [0.2, 0.25) is 5.90 Å². The molecule has 0 aliphatic carbocycles. The third kappa shape index (κ3) is 2.71. The zero-order valence-electron chi connectivity index (χ0n) is 11.9. The Morgan fingerprint density at radius 3 is 2.76 bits per heavy atom. The first-order chi connectivity index (χ1) is 10.2. The summed E-state index contributed by atoms with van der Waals surface area (Å²) in [5.74, 6) is 0.381. The topological polar surface area (TPSA) is 71.4 Å². The van der Waals surface area contributed by atoms with Crippen molar-refractivity contribution in [3.63, 3.8) is 0 Å². The van der Waals surface area contributed by atoms with E-state index >= 15 is 0 Å². The molecule has 6 nitrogen and oxygen atoms in total. The smallest absolute Gasteiger partial charge is 0.251 e. The lowest BCUT2D eigenvalue weighted by atomic mass is 10.1. The number of hydrogen-bond acceptors (Lipinski definition) is 5. The van der Waals surface area contributed by atoms with Crippen molar-refractivity contribution >= 4 is 11.8 Å². The number of phenols is 1. The van der Waals surface area contributed by atoms with Crippen LogP contribution in [0.25, 0.3) is 0 Å². The summed E-state index contributed by atoms with van der Waals surface area (Å²) in [4.78, 5) is 18.6. The number of rotatable bonds is 2. The molecular formula is C15H18N2O4. The van der Waals surface area contributed by atoms with Crippen molar-refractivity contribution in [1.29, 1.82) is 0 Å². The van der Waals surface area contributed by atoms with Gasteiger partial charge in [0, 0.05) is 13.1 Å². The first kappa shape index (κ1) is 13.9. The lowest BCUT2D eigenvalue weighted by Crippen LogP contribution is -2.47. The predicted octanol–water partition coefficient (Wildman–Crippen LogP) is 0.785. The van der Waals surface area contributed by atoms with Crippen molar-refractivity contribution in [2.24, 2.45) is 4.99 Å². The molecule has 1 aromatic carbocycles. The molecule has 2 heterocycles. The monoisotopic (exact) mass is 290 g/mol. The molecule has 3 rings (SSSR count). The molecule has 6 heteroatoms. The highest BCUT2D eigenvalue weighted by atomic mass is 16.5. The quantitative estimate of drug-likeness (QED) is 0.874. The summed E-state index contributed by atoms with van der Waals surface area (Å²) in [6.45, 7) is 4.11. The zero-order chi connectivity index (χ0) is 14.8. The minimum atomic E-state index is -0.558. The number of aliphatic imine (C=N–C) groups is 1. The van der Waals surface area contributed by atoms with E-state index in [9.17, 15) is 9.90 Å². The van der Waals surface area contributed by atoms with Crippen LogP contribution in [0, 0.1) is 0 Å². The van der Waals surface area contributed by atoms with Gasteiger partial charge in [0.25, 0.3) is 5.91 Å². The summed E-state index contributed by atoms with van der Waals surface area (Å²) in [6.07, 6.45) is -0.338. The van der Waals surface area contributed by atoms with Gasteiger partial charge >= 0.3 is 0 Å². The van der Waals surface area contributed by atoms with E-state index < -0.39 is 6.04 Å². The maximum atomic E-state index is 12.5. The maximum Gasteiger partial charge on any atom is 0.251 e. The van der Waals surface area contributed by atoms with Crippen molar-refractivity contribution in [1.82, 2.24) is 4.90 Å². The van der Waals surface area contributed by atoms with Gasteiger partial charge in [-0.3, -0.25) is 4.79 Å². The number of aromatic hydroxyl groups is 1. The van der Waals surface area contributed by atoms with E-state index in [-0.39, 0.29) is 17.8 Å². The molecule has 21 heavy (non-hydrogen) atoms. The van der Waals surface area contributed by atoms with Gasteiger partial charge < -0.3 is 19.5 Å². The van der Waals surface area contributed by atoms with Crippen LogP contribution in [-0.2, 0) is 14.3 Å². The number of morpholine rings is 1. The summed E-state index contributed by atoms with van der Waals surface area (Å²) >= 11 is 0. The number of amides is 1. The molecule has 1 aromatic rings. The first-order valence-corrected chi connectivity index (χ1v) is 7.06. The number of ether oxygens (including phenoxy) is 2. The van der Waals surface area contributed by atoms with Gasteiger partial charge in [-0.15, -0.1) is 0 Å². The number of hydrogen-bond donors (Lipinski definition) is 1. The number of phenolic OH excluding ortho intramolecular Hbond substituents is 1. The molecule has 1 amide bonds. The van der Waals surface area contributed by atoms with Crippen molar-refractivity contribution in [2.45, 2.75) is 19.1 Å². The van der Waals surface area contributed by atoms with Crippen LogP contribution < -0.4 is 0 Å². The summed E-state index contributed by atoms with van der Waals surface area (Å²) in [7, 11) is 0. The van der Waals surface area contributed by atoms with E-state index in [2.05, 4.69) is 4.99 Å². The first-order valence-electron chi connectivity index (χ1n) is 7.06. The molecule has 0 saturated carbocycles. The Labute approximate surface area is 123 Å². The number of benzene rings is 1. The molecule has 0 spiro atoms. The Kier molecular flexibility index (Phi) is 3.79. The number of para-hydroxylation sites is 1.